The minimum Gasteiger partial charge on any atom is -0.494 e. The molecule has 3 rings (SSSR count). The Hall–Kier alpha value is -3.28. The summed E-state index contributed by atoms with van der Waals surface area (Å²) in [6, 6.07) is 12.8. The lowest BCUT2D eigenvalue weighted by Crippen LogP contribution is -2.03. The van der Waals surface area contributed by atoms with Crippen LogP contribution in [0.3, 0.4) is 0 Å². The van der Waals surface area contributed by atoms with Gasteiger partial charge in [-0.05, 0) is 68.5 Å². The highest BCUT2D eigenvalue weighted by molar-refractivity contribution is 6.05. The number of ketones is 1. The summed E-state index contributed by atoms with van der Waals surface area (Å²) in [6.45, 7) is 4.73. The van der Waals surface area contributed by atoms with Crippen LogP contribution < -0.4 is 9.47 Å². The number of ether oxygens (including phenoxy) is 2. The van der Waals surface area contributed by atoms with Crippen molar-refractivity contribution in [2.24, 2.45) is 7.05 Å². The van der Waals surface area contributed by atoms with Gasteiger partial charge in [-0.3, -0.25) is 9.48 Å². The molecular weight excluding hydrogens is 344 g/mol. The quantitative estimate of drug-likeness (QED) is 0.442. The van der Waals surface area contributed by atoms with Crippen molar-refractivity contribution in [1.82, 2.24) is 9.78 Å². The molecule has 27 heavy (non-hydrogen) atoms. The number of hydrogen-bond donors (Lipinski definition) is 0. The number of hydrogen-bond acceptors (Lipinski definition) is 5. The molecule has 140 valence electrons. The number of aromatic nitrogens is 2. The van der Waals surface area contributed by atoms with Gasteiger partial charge in [0.05, 0.1) is 12.3 Å². The van der Waals surface area contributed by atoms with Gasteiger partial charge in [-0.15, -0.1) is 0 Å². The van der Waals surface area contributed by atoms with Gasteiger partial charge >= 0.3 is 0 Å². The Morgan fingerprint density at radius 3 is 2.48 bits per heavy atom. The maximum atomic E-state index is 12.2. The van der Waals surface area contributed by atoms with Gasteiger partial charge in [0.15, 0.2) is 0 Å². The second kappa shape index (κ2) is 8.40. The number of furan rings is 1. The third-order valence-electron chi connectivity index (χ3n) is 3.85. The van der Waals surface area contributed by atoms with Crippen LogP contribution in [0.5, 0.6) is 11.5 Å². The first-order valence-electron chi connectivity index (χ1n) is 8.72. The highest BCUT2D eigenvalue weighted by Crippen LogP contribution is 2.19. The van der Waals surface area contributed by atoms with Crippen LogP contribution in [-0.4, -0.2) is 22.2 Å². The van der Waals surface area contributed by atoms with Crippen molar-refractivity contribution in [3.63, 3.8) is 0 Å². The normalized spacial score (nSPS) is 11.1. The van der Waals surface area contributed by atoms with Gasteiger partial charge in [0.25, 0.3) is 0 Å². The number of carbonyl (C=O) groups is 1. The van der Waals surface area contributed by atoms with Crippen molar-refractivity contribution in [3.05, 3.63) is 71.4 Å². The molecule has 0 saturated heterocycles. The topological polar surface area (TPSA) is 66.5 Å². The molecule has 2 heterocycles. The lowest BCUT2D eigenvalue weighted by atomic mass is 10.2. The number of benzene rings is 1. The fourth-order valence-corrected chi connectivity index (χ4v) is 2.60. The van der Waals surface area contributed by atoms with Crippen molar-refractivity contribution >= 4 is 11.9 Å². The summed E-state index contributed by atoms with van der Waals surface area (Å²) in [6.07, 6.45) is 3.12. The number of aryl methyl sites for hydroxylation is 2. The van der Waals surface area contributed by atoms with Crippen LogP contribution in [0.15, 0.2) is 53.0 Å². The lowest BCUT2D eigenvalue weighted by Gasteiger charge is -2.06. The first-order chi connectivity index (χ1) is 13.0. The summed E-state index contributed by atoms with van der Waals surface area (Å²) in [4.78, 5) is 12.2. The number of rotatable bonds is 8. The summed E-state index contributed by atoms with van der Waals surface area (Å²) in [5.41, 5.74) is 1.34. The van der Waals surface area contributed by atoms with Crippen LogP contribution in [0.2, 0.25) is 0 Å². The molecule has 0 unspecified atom stereocenters. The van der Waals surface area contributed by atoms with Gasteiger partial charge < -0.3 is 13.9 Å². The second-order valence-electron chi connectivity index (χ2n) is 5.99. The molecule has 0 saturated carbocycles. The zero-order valence-corrected chi connectivity index (χ0v) is 15.6. The average molecular weight is 366 g/mol. The predicted molar refractivity (Wildman–Crippen MR) is 102 cm³/mol. The van der Waals surface area contributed by atoms with Crippen molar-refractivity contribution < 1.29 is 18.7 Å². The Balaban J connectivity index is 1.56. The van der Waals surface area contributed by atoms with Crippen LogP contribution in [0.25, 0.3) is 6.08 Å². The lowest BCUT2D eigenvalue weighted by molar-refractivity contribution is 0.103. The van der Waals surface area contributed by atoms with E-state index in [9.17, 15) is 4.79 Å². The molecule has 3 aromatic rings. The van der Waals surface area contributed by atoms with E-state index >= 15 is 0 Å². The van der Waals surface area contributed by atoms with Crippen LogP contribution in [0, 0.1) is 6.92 Å². The van der Waals surface area contributed by atoms with E-state index in [0.717, 1.165) is 17.2 Å². The van der Waals surface area contributed by atoms with Crippen molar-refractivity contribution in [2.75, 3.05) is 6.61 Å². The fraction of sp³-hybridized carbons (Fsp3) is 0.238. The van der Waals surface area contributed by atoms with Crippen LogP contribution in [0.4, 0.5) is 0 Å². The van der Waals surface area contributed by atoms with E-state index in [1.807, 2.05) is 44.2 Å². The zero-order valence-electron chi connectivity index (χ0n) is 15.6. The fourth-order valence-electron chi connectivity index (χ4n) is 2.60. The summed E-state index contributed by atoms with van der Waals surface area (Å²) in [5, 5.41) is 4.17. The molecule has 0 spiro atoms. The molecule has 0 radical (unpaired) electrons. The summed E-state index contributed by atoms with van der Waals surface area (Å²) in [5.74, 6) is 2.68. The monoisotopic (exact) mass is 366 g/mol. The molecule has 0 aliphatic rings. The summed E-state index contributed by atoms with van der Waals surface area (Å²) < 4.78 is 18.3. The minimum absolute atomic E-state index is 0.123. The summed E-state index contributed by atoms with van der Waals surface area (Å²) in [7, 11) is 1.75. The minimum atomic E-state index is -0.123. The number of allylic oxidation sites excluding steroid dienone is 1. The Kier molecular flexibility index (Phi) is 5.76. The molecule has 0 bridgehead atoms. The van der Waals surface area contributed by atoms with Gasteiger partial charge in [0, 0.05) is 7.05 Å². The molecule has 6 nitrogen and oxygen atoms in total. The predicted octanol–water partition coefficient (Wildman–Crippen LogP) is 4.20. The van der Waals surface area contributed by atoms with Gasteiger partial charge in [-0.2, -0.15) is 5.10 Å². The van der Waals surface area contributed by atoms with Gasteiger partial charge in [0.2, 0.25) is 5.78 Å². The van der Waals surface area contributed by atoms with Crippen molar-refractivity contribution in [3.8, 4) is 11.5 Å². The van der Waals surface area contributed by atoms with Crippen LogP contribution in [0.1, 0.15) is 34.6 Å². The molecule has 6 heteroatoms. The van der Waals surface area contributed by atoms with Gasteiger partial charge in [-0.1, -0.05) is 0 Å². The first-order valence-corrected chi connectivity index (χ1v) is 8.72. The highest BCUT2D eigenvalue weighted by atomic mass is 16.5. The van der Waals surface area contributed by atoms with E-state index in [4.69, 9.17) is 13.9 Å². The van der Waals surface area contributed by atoms with E-state index in [2.05, 4.69) is 5.10 Å². The molecular formula is C21H22N2O4. The third kappa shape index (κ3) is 4.88. The van der Waals surface area contributed by atoms with Gasteiger partial charge in [0.1, 0.15) is 35.3 Å². The molecule has 2 aromatic heterocycles. The number of nitrogens with zero attached hydrogens (tertiary/aromatic N) is 2. The molecule has 0 amide bonds. The molecule has 0 atom stereocenters. The van der Waals surface area contributed by atoms with E-state index in [0.29, 0.717) is 30.4 Å². The molecule has 0 fully saturated rings. The molecule has 1 aromatic carbocycles. The van der Waals surface area contributed by atoms with Crippen LogP contribution in [-0.2, 0) is 13.7 Å². The largest absolute Gasteiger partial charge is 0.494 e. The molecule has 0 aliphatic carbocycles. The molecule has 0 N–H and O–H groups in total. The maximum absolute atomic E-state index is 12.2. The van der Waals surface area contributed by atoms with E-state index in [1.165, 1.54) is 6.08 Å². The first kappa shape index (κ1) is 18.5. The number of carbonyl (C=O) groups excluding carboxylic acids is 1. The van der Waals surface area contributed by atoms with Crippen LogP contribution >= 0.6 is 0 Å². The zero-order chi connectivity index (χ0) is 19.2. The van der Waals surface area contributed by atoms with Crippen molar-refractivity contribution in [2.45, 2.75) is 20.5 Å². The smallest absolute Gasteiger partial charge is 0.203 e. The Bertz CT molecular complexity index is 936. The standard InChI is InChI=1S/C21H22N2O4/c1-4-25-16-5-7-17(8-6-16)26-14-19-10-9-18(27-19)11-12-21(24)20-13-15(2)22-23(20)3/h5-13H,4,14H2,1-3H3/b12-11+. The third-order valence-corrected chi connectivity index (χ3v) is 3.85. The van der Waals surface area contributed by atoms with E-state index < -0.39 is 0 Å². The second-order valence-corrected chi connectivity index (χ2v) is 5.99. The van der Waals surface area contributed by atoms with E-state index in [1.54, 1.807) is 29.9 Å². The highest BCUT2D eigenvalue weighted by Gasteiger charge is 2.09. The maximum Gasteiger partial charge on any atom is 0.203 e. The Morgan fingerprint density at radius 1 is 1.15 bits per heavy atom. The Morgan fingerprint density at radius 2 is 1.85 bits per heavy atom. The SMILES string of the molecule is CCOc1ccc(OCc2ccc(/C=C/C(=O)c3cc(C)nn3C)o2)cc1. The molecule has 0 aliphatic heterocycles. The Labute approximate surface area is 158 Å². The summed E-state index contributed by atoms with van der Waals surface area (Å²) >= 11 is 0. The van der Waals surface area contributed by atoms with Crippen molar-refractivity contribution in [1.29, 1.82) is 0 Å². The van der Waals surface area contributed by atoms with E-state index in [-0.39, 0.29) is 5.78 Å². The average Bonchev–Trinajstić information content (AvgIpc) is 3.25. The van der Waals surface area contributed by atoms with Gasteiger partial charge in [-0.25, -0.2) is 0 Å².